The zero-order valence-electron chi connectivity index (χ0n) is 13.6. The fourth-order valence-electron chi connectivity index (χ4n) is 2.93. The van der Waals surface area contributed by atoms with Crippen molar-refractivity contribution in [3.63, 3.8) is 0 Å². The van der Waals surface area contributed by atoms with Gasteiger partial charge in [-0.1, -0.05) is 12.1 Å². The minimum Gasteiger partial charge on any atom is -0.494 e. The summed E-state index contributed by atoms with van der Waals surface area (Å²) in [6.45, 7) is 6.75. The molecule has 1 aliphatic rings. The third-order valence-corrected chi connectivity index (χ3v) is 4.07. The minimum atomic E-state index is 0.0787. The molecule has 0 amide bonds. The van der Waals surface area contributed by atoms with Gasteiger partial charge in [0.2, 0.25) is 0 Å². The van der Waals surface area contributed by atoms with Gasteiger partial charge in [0, 0.05) is 30.8 Å². The van der Waals surface area contributed by atoms with Gasteiger partial charge < -0.3 is 15.0 Å². The van der Waals surface area contributed by atoms with Crippen LogP contribution in [0.5, 0.6) is 5.75 Å². The van der Waals surface area contributed by atoms with Crippen LogP contribution in [-0.4, -0.2) is 25.5 Å². The maximum absolute atomic E-state index is 11.7. The lowest BCUT2D eigenvalue weighted by Crippen LogP contribution is -2.33. The lowest BCUT2D eigenvalue weighted by molar-refractivity contribution is 0.101. The number of rotatable bonds is 5. The van der Waals surface area contributed by atoms with Crippen molar-refractivity contribution in [1.29, 1.82) is 0 Å². The Hall–Kier alpha value is -2.49. The molecule has 0 saturated heterocycles. The maximum atomic E-state index is 11.7. The number of para-hydroxylation sites is 2. The van der Waals surface area contributed by atoms with Crippen molar-refractivity contribution in [2.24, 2.45) is 0 Å². The second-order valence-corrected chi connectivity index (χ2v) is 5.68. The smallest absolute Gasteiger partial charge is 0.159 e. The molecule has 4 heteroatoms. The first kappa shape index (κ1) is 15.4. The van der Waals surface area contributed by atoms with Crippen LogP contribution in [0.1, 0.15) is 29.8 Å². The molecule has 23 heavy (non-hydrogen) atoms. The summed E-state index contributed by atoms with van der Waals surface area (Å²) in [6, 6.07) is 14.0. The number of ether oxygens (including phenoxy) is 1. The van der Waals surface area contributed by atoms with Gasteiger partial charge in [0.15, 0.2) is 5.78 Å². The average molecular weight is 310 g/mol. The molecule has 1 heterocycles. The summed E-state index contributed by atoms with van der Waals surface area (Å²) in [5, 5.41) is 3.42. The molecule has 4 nitrogen and oxygen atoms in total. The number of hydrogen-bond donors (Lipinski definition) is 1. The van der Waals surface area contributed by atoms with E-state index in [0.717, 1.165) is 42.2 Å². The molecule has 0 aromatic heterocycles. The molecule has 0 spiro atoms. The van der Waals surface area contributed by atoms with Crippen LogP contribution in [0.4, 0.5) is 11.4 Å². The average Bonchev–Trinajstić information content (AvgIpc) is 2.57. The molecule has 120 valence electrons. The van der Waals surface area contributed by atoms with Gasteiger partial charge in [-0.25, -0.2) is 0 Å². The van der Waals surface area contributed by atoms with E-state index >= 15 is 0 Å². The fourth-order valence-corrected chi connectivity index (χ4v) is 2.93. The van der Waals surface area contributed by atoms with E-state index in [9.17, 15) is 4.79 Å². The van der Waals surface area contributed by atoms with E-state index in [-0.39, 0.29) is 5.78 Å². The molecular formula is C19H22N2O2. The molecule has 0 aliphatic carbocycles. The van der Waals surface area contributed by atoms with Gasteiger partial charge in [-0.2, -0.15) is 0 Å². The summed E-state index contributed by atoms with van der Waals surface area (Å²) in [6.07, 6.45) is 0. The molecule has 0 bridgehead atoms. The number of nitrogens with zero attached hydrogens (tertiary/aromatic N) is 1. The largest absolute Gasteiger partial charge is 0.494 e. The number of carbonyl (C=O) groups excluding carboxylic acids is 1. The number of Topliss-reactive ketones (excluding diaryl/α,β-unsaturated/α-hetero) is 1. The number of fused-ring (bicyclic) bond motifs is 1. The molecule has 0 atom stereocenters. The van der Waals surface area contributed by atoms with E-state index in [1.807, 2.05) is 37.3 Å². The highest BCUT2D eigenvalue weighted by Crippen LogP contribution is 2.31. The molecule has 1 aliphatic heterocycles. The predicted molar refractivity (Wildman–Crippen MR) is 93.6 cm³/mol. The zero-order chi connectivity index (χ0) is 16.2. The minimum absolute atomic E-state index is 0.0787. The van der Waals surface area contributed by atoms with Crippen LogP contribution >= 0.6 is 0 Å². The predicted octanol–water partition coefficient (Wildman–Crippen LogP) is 3.72. The van der Waals surface area contributed by atoms with Crippen molar-refractivity contribution < 1.29 is 9.53 Å². The monoisotopic (exact) mass is 310 g/mol. The van der Waals surface area contributed by atoms with Crippen LogP contribution in [0, 0.1) is 0 Å². The molecule has 1 N–H and O–H groups in total. The highest BCUT2D eigenvalue weighted by atomic mass is 16.5. The second-order valence-electron chi connectivity index (χ2n) is 5.68. The number of hydrogen-bond acceptors (Lipinski definition) is 4. The number of carbonyl (C=O) groups is 1. The quantitative estimate of drug-likeness (QED) is 0.855. The second kappa shape index (κ2) is 6.73. The van der Waals surface area contributed by atoms with Crippen molar-refractivity contribution in [2.45, 2.75) is 20.4 Å². The summed E-state index contributed by atoms with van der Waals surface area (Å²) >= 11 is 0. The Labute approximate surface area is 137 Å². The number of ketones is 1. The molecule has 2 aromatic rings. The van der Waals surface area contributed by atoms with E-state index in [2.05, 4.69) is 22.3 Å². The third kappa shape index (κ3) is 3.31. The molecule has 0 radical (unpaired) electrons. The molecule has 0 unspecified atom stereocenters. The van der Waals surface area contributed by atoms with Gasteiger partial charge in [-0.05, 0) is 44.2 Å². The molecule has 0 fully saturated rings. The highest BCUT2D eigenvalue weighted by molar-refractivity contribution is 5.94. The zero-order valence-corrected chi connectivity index (χ0v) is 13.6. The molecule has 2 aromatic carbocycles. The number of benzene rings is 2. The van der Waals surface area contributed by atoms with Crippen LogP contribution in [-0.2, 0) is 6.54 Å². The van der Waals surface area contributed by atoms with Crippen molar-refractivity contribution in [3.05, 3.63) is 53.6 Å². The van der Waals surface area contributed by atoms with Crippen LogP contribution in [0.2, 0.25) is 0 Å². The third-order valence-electron chi connectivity index (χ3n) is 4.07. The lowest BCUT2D eigenvalue weighted by Gasteiger charge is -2.32. The number of anilines is 2. The van der Waals surface area contributed by atoms with E-state index in [1.54, 1.807) is 6.92 Å². The lowest BCUT2D eigenvalue weighted by atomic mass is 10.1. The Morgan fingerprint density at radius 3 is 2.87 bits per heavy atom. The van der Waals surface area contributed by atoms with Crippen molar-refractivity contribution >= 4 is 17.2 Å². The summed E-state index contributed by atoms with van der Waals surface area (Å²) in [4.78, 5) is 14.0. The first-order valence-electron chi connectivity index (χ1n) is 8.03. The van der Waals surface area contributed by atoms with E-state index in [0.29, 0.717) is 6.61 Å². The van der Waals surface area contributed by atoms with E-state index < -0.39 is 0 Å². The molecule has 3 rings (SSSR count). The van der Waals surface area contributed by atoms with Crippen molar-refractivity contribution in [2.75, 3.05) is 29.9 Å². The molecule has 0 saturated carbocycles. The Bertz CT molecular complexity index is 712. The normalized spacial score (nSPS) is 13.2. The van der Waals surface area contributed by atoms with Gasteiger partial charge in [-0.15, -0.1) is 0 Å². The standard InChI is InChI=1S/C19H22N2O2/c1-3-23-19-9-8-15(14(2)22)12-16(19)13-21-11-10-20-17-6-4-5-7-18(17)21/h4-9,12,20H,3,10-11,13H2,1-2H3. The Kier molecular flexibility index (Phi) is 4.51. The highest BCUT2D eigenvalue weighted by Gasteiger charge is 2.18. The Morgan fingerprint density at radius 2 is 2.09 bits per heavy atom. The number of nitrogens with one attached hydrogen (secondary N) is 1. The topological polar surface area (TPSA) is 41.6 Å². The van der Waals surface area contributed by atoms with E-state index in [4.69, 9.17) is 4.74 Å². The Morgan fingerprint density at radius 1 is 1.26 bits per heavy atom. The van der Waals surface area contributed by atoms with Gasteiger partial charge in [0.05, 0.1) is 18.0 Å². The van der Waals surface area contributed by atoms with Gasteiger partial charge in [-0.3, -0.25) is 4.79 Å². The maximum Gasteiger partial charge on any atom is 0.159 e. The SMILES string of the molecule is CCOc1ccc(C(C)=O)cc1CN1CCNc2ccccc21. The first-order chi connectivity index (χ1) is 11.2. The molecular weight excluding hydrogens is 288 g/mol. The summed E-state index contributed by atoms with van der Waals surface area (Å²) in [5.41, 5.74) is 4.12. The fraction of sp³-hybridized carbons (Fsp3) is 0.316. The van der Waals surface area contributed by atoms with Crippen molar-refractivity contribution in [1.82, 2.24) is 0 Å². The Balaban J connectivity index is 1.93. The van der Waals surface area contributed by atoms with Crippen molar-refractivity contribution in [3.8, 4) is 5.75 Å². The van der Waals surface area contributed by atoms with Crippen LogP contribution in [0.3, 0.4) is 0 Å². The van der Waals surface area contributed by atoms with Gasteiger partial charge >= 0.3 is 0 Å². The van der Waals surface area contributed by atoms with Crippen LogP contribution < -0.4 is 15.0 Å². The van der Waals surface area contributed by atoms with Crippen LogP contribution in [0.15, 0.2) is 42.5 Å². The summed E-state index contributed by atoms with van der Waals surface area (Å²) in [5.74, 6) is 0.934. The van der Waals surface area contributed by atoms with Crippen LogP contribution in [0.25, 0.3) is 0 Å². The van der Waals surface area contributed by atoms with Gasteiger partial charge in [0.25, 0.3) is 0 Å². The summed E-state index contributed by atoms with van der Waals surface area (Å²) in [7, 11) is 0. The van der Waals surface area contributed by atoms with Gasteiger partial charge in [0.1, 0.15) is 5.75 Å². The van der Waals surface area contributed by atoms with E-state index in [1.165, 1.54) is 5.69 Å². The first-order valence-corrected chi connectivity index (χ1v) is 8.03. The summed E-state index contributed by atoms with van der Waals surface area (Å²) < 4.78 is 5.75.